The van der Waals surface area contributed by atoms with Gasteiger partial charge in [-0.15, -0.1) is 0 Å². The Labute approximate surface area is 92.8 Å². The Morgan fingerprint density at radius 1 is 1.20 bits per heavy atom. The van der Waals surface area contributed by atoms with Crippen molar-refractivity contribution >= 4 is 0 Å². The highest BCUT2D eigenvalue weighted by Crippen LogP contribution is 2.39. The molecule has 0 radical (unpaired) electrons. The van der Waals surface area contributed by atoms with Gasteiger partial charge in [-0.2, -0.15) is 0 Å². The molecular formula is C12H24O3. The van der Waals surface area contributed by atoms with E-state index in [9.17, 15) is 0 Å². The Balaban J connectivity index is 2.05. The van der Waals surface area contributed by atoms with Crippen LogP contribution < -0.4 is 0 Å². The highest BCUT2D eigenvalue weighted by atomic mass is 16.5. The second-order valence-electron chi connectivity index (χ2n) is 4.32. The Morgan fingerprint density at radius 2 is 2.00 bits per heavy atom. The van der Waals surface area contributed by atoms with Crippen LogP contribution >= 0.6 is 0 Å². The lowest BCUT2D eigenvalue weighted by Crippen LogP contribution is -2.40. The molecule has 1 aliphatic rings. The normalized spacial score (nSPS) is 18.8. The highest BCUT2D eigenvalue weighted by Gasteiger charge is 2.36. The van der Waals surface area contributed by atoms with Gasteiger partial charge in [-0.05, 0) is 25.7 Å². The first-order chi connectivity index (χ1) is 7.33. The van der Waals surface area contributed by atoms with Gasteiger partial charge in [0.2, 0.25) is 0 Å². The van der Waals surface area contributed by atoms with E-state index in [4.69, 9.17) is 14.6 Å². The molecule has 0 unspecified atom stereocenters. The van der Waals surface area contributed by atoms with Crippen LogP contribution in [0.4, 0.5) is 0 Å². The topological polar surface area (TPSA) is 38.7 Å². The lowest BCUT2D eigenvalue weighted by molar-refractivity contribution is -0.120. The summed E-state index contributed by atoms with van der Waals surface area (Å²) in [4.78, 5) is 0. The number of hydrogen-bond acceptors (Lipinski definition) is 3. The van der Waals surface area contributed by atoms with Crippen molar-refractivity contribution in [3.8, 4) is 0 Å². The number of ether oxygens (including phenoxy) is 2. The minimum atomic E-state index is 0.0982. The van der Waals surface area contributed by atoms with Crippen LogP contribution in [0.15, 0.2) is 0 Å². The lowest BCUT2D eigenvalue weighted by Gasteiger charge is -2.42. The number of rotatable bonds is 9. The summed E-state index contributed by atoms with van der Waals surface area (Å²) < 4.78 is 11.1. The third-order valence-corrected chi connectivity index (χ3v) is 3.12. The predicted molar refractivity (Wildman–Crippen MR) is 60.0 cm³/mol. The molecule has 0 heterocycles. The molecule has 1 fully saturated rings. The quantitative estimate of drug-likeness (QED) is 0.600. The van der Waals surface area contributed by atoms with E-state index < -0.39 is 0 Å². The number of aliphatic hydroxyl groups is 1. The number of unbranched alkanes of at least 4 members (excludes halogenated alkanes) is 1. The molecule has 0 saturated heterocycles. The summed E-state index contributed by atoms with van der Waals surface area (Å²) in [6, 6.07) is 0. The van der Waals surface area contributed by atoms with Crippen LogP contribution in [0.2, 0.25) is 0 Å². The van der Waals surface area contributed by atoms with Crippen molar-refractivity contribution in [1.29, 1.82) is 0 Å². The second-order valence-corrected chi connectivity index (χ2v) is 4.32. The zero-order valence-corrected chi connectivity index (χ0v) is 9.83. The number of hydrogen-bond donors (Lipinski definition) is 1. The van der Waals surface area contributed by atoms with Gasteiger partial charge in [-0.25, -0.2) is 0 Å². The van der Waals surface area contributed by atoms with E-state index >= 15 is 0 Å². The molecule has 0 amide bonds. The Morgan fingerprint density at radius 3 is 2.53 bits per heavy atom. The van der Waals surface area contributed by atoms with Crippen LogP contribution in [-0.4, -0.2) is 37.1 Å². The second kappa shape index (κ2) is 7.20. The van der Waals surface area contributed by atoms with Crippen LogP contribution in [-0.2, 0) is 9.47 Å². The van der Waals surface area contributed by atoms with Crippen molar-refractivity contribution in [3.63, 3.8) is 0 Å². The van der Waals surface area contributed by atoms with Gasteiger partial charge in [0.15, 0.2) is 0 Å². The van der Waals surface area contributed by atoms with Gasteiger partial charge >= 0.3 is 0 Å². The van der Waals surface area contributed by atoms with Gasteiger partial charge in [0.1, 0.15) is 0 Å². The number of aliphatic hydroxyl groups excluding tert-OH is 1. The fraction of sp³-hybridized carbons (Fsp3) is 1.00. The standard InChI is InChI=1S/C12H24O3/c1-2-3-5-12(6-4-7-12)15-11-10-14-9-8-13/h13H,2-11H2,1H3. The van der Waals surface area contributed by atoms with Crippen LogP contribution in [0, 0.1) is 0 Å². The van der Waals surface area contributed by atoms with Gasteiger partial charge in [-0.1, -0.05) is 19.8 Å². The van der Waals surface area contributed by atoms with Gasteiger partial charge in [0, 0.05) is 0 Å². The molecule has 1 N–H and O–H groups in total. The van der Waals surface area contributed by atoms with E-state index in [1.165, 1.54) is 38.5 Å². The summed E-state index contributed by atoms with van der Waals surface area (Å²) in [7, 11) is 0. The van der Waals surface area contributed by atoms with Gasteiger partial charge in [0.05, 0.1) is 32.0 Å². The van der Waals surface area contributed by atoms with Crippen molar-refractivity contribution < 1.29 is 14.6 Å². The van der Waals surface area contributed by atoms with Crippen molar-refractivity contribution in [2.24, 2.45) is 0 Å². The van der Waals surface area contributed by atoms with Crippen LogP contribution in [0.25, 0.3) is 0 Å². The summed E-state index contributed by atoms with van der Waals surface area (Å²) in [5.74, 6) is 0. The largest absolute Gasteiger partial charge is 0.394 e. The fourth-order valence-electron chi connectivity index (χ4n) is 2.02. The molecule has 90 valence electrons. The molecule has 0 spiro atoms. The third kappa shape index (κ3) is 4.49. The zero-order chi connectivity index (χ0) is 11.0. The van der Waals surface area contributed by atoms with E-state index in [0.29, 0.717) is 19.8 Å². The SMILES string of the molecule is CCCCC1(OCCOCCO)CCC1. The monoisotopic (exact) mass is 216 g/mol. The minimum absolute atomic E-state index is 0.0982. The molecule has 3 nitrogen and oxygen atoms in total. The summed E-state index contributed by atoms with van der Waals surface area (Å²) >= 11 is 0. The van der Waals surface area contributed by atoms with Crippen molar-refractivity contribution in [2.45, 2.75) is 51.0 Å². The molecule has 0 aromatic rings. The molecule has 1 saturated carbocycles. The summed E-state index contributed by atoms with van der Waals surface area (Å²) in [6.07, 6.45) is 7.44. The maximum atomic E-state index is 8.53. The van der Waals surface area contributed by atoms with E-state index in [1.54, 1.807) is 0 Å². The molecule has 0 aliphatic heterocycles. The predicted octanol–water partition coefficient (Wildman–Crippen LogP) is 2.12. The van der Waals surface area contributed by atoms with E-state index in [-0.39, 0.29) is 12.2 Å². The molecule has 1 rings (SSSR count). The van der Waals surface area contributed by atoms with Crippen LogP contribution in [0.5, 0.6) is 0 Å². The maximum Gasteiger partial charge on any atom is 0.0708 e. The molecule has 1 aliphatic carbocycles. The van der Waals surface area contributed by atoms with Crippen LogP contribution in [0.1, 0.15) is 45.4 Å². The molecule has 0 aromatic carbocycles. The minimum Gasteiger partial charge on any atom is -0.394 e. The summed E-state index contributed by atoms with van der Waals surface area (Å²) in [5, 5.41) is 8.53. The van der Waals surface area contributed by atoms with E-state index in [0.717, 1.165) is 0 Å². The van der Waals surface area contributed by atoms with Gasteiger partial charge < -0.3 is 14.6 Å². The average molecular weight is 216 g/mol. The maximum absolute atomic E-state index is 8.53. The zero-order valence-electron chi connectivity index (χ0n) is 9.83. The van der Waals surface area contributed by atoms with Gasteiger partial charge in [0.25, 0.3) is 0 Å². The molecule has 0 atom stereocenters. The third-order valence-electron chi connectivity index (χ3n) is 3.12. The Bertz CT molecular complexity index is 155. The molecule has 3 heteroatoms. The molecule has 0 bridgehead atoms. The molecule has 15 heavy (non-hydrogen) atoms. The molecule has 0 aromatic heterocycles. The smallest absolute Gasteiger partial charge is 0.0708 e. The van der Waals surface area contributed by atoms with E-state index in [2.05, 4.69) is 6.92 Å². The van der Waals surface area contributed by atoms with E-state index in [1.807, 2.05) is 0 Å². The van der Waals surface area contributed by atoms with Crippen molar-refractivity contribution in [3.05, 3.63) is 0 Å². The Kier molecular flexibility index (Phi) is 6.22. The van der Waals surface area contributed by atoms with Crippen LogP contribution in [0.3, 0.4) is 0 Å². The molecular weight excluding hydrogens is 192 g/mol. The average Bonchev–Trinajstić information content (AvgIpc) is 2.20. The first kappa shape index (κ1) is 12.9. The first-order valence-electron chi connectivity index (χ1n) is 6.15. The summed E-state index contributed by atoms with van der Waals surface area (Å²) in [5.41, 5.74) is 0.179. The van der Waals surface area contributed by atoms with Crippen molar-refractivity contribution in [2.75, 3.05) is 26.4 Å². The fourth-order valence-corrected chi connectivity index (χ4v) is 2.02. The van der Waals surface area contributed by atoms with Crippen molar-refractivity contribution in [1.82, 2.24) is 0 Å². The first-order valence-corrected chi connectivity index (χ1v) is 6.15. The lowest BCUT2D eigenvalue weighted by atomic mass is 9.76. The highest BCUT2D eigenvalue weighted by molar-refractivity contribution is 4.89. The van der Waals surface area contributed by atoms with Gasteiger partial charge in [-0.3, -0.25) is 0 Å². The summed E-state index contributed by atoms with van der Waals surface area (Å²) in [6.45, 7) is 4.02. The Hall–Kier alpha value is -0.120.